The Bertz CT molecular complexity index is 931. The summed E-state index contributed by atoms with van der Waals surface area (Å²) in [6.07, 6.45) is 0. The fourth-order valence-electron chi connectivity index (χ4n) is 2.96. The first-order valence-corrected chi connectivity index (χ1v) is 8.59. The lowest BCUT2D eigenvalue weighted by Crippen LogP contribution is -2.36. The molecule has 0 bridgehead atoms. The molecule has 0 aliphatic rings. The minimum Gasteiger partial charge on any atom is -0.481 e. The van der Waals surface area contributed by atoms with Crippen LogP contribution in [-0.4, -0.2) is 33.4 Å². The summed E-state index contributed by atoms with van der Waals surface area (Å²) in [5.74, 6) is -1.76. The maximum atomic E-state index is 13.1. The third-order valence-corrected chi connectivity index (χ3v) is 4.43. The third kappa shape index (κ3) is 3.94. The number of hydrogen-bond donors (Lipinski definition) is 2. The first-order chi connectivity index (χ1) is 12.4. The molecule has 5 nitrogen and oxygen atoms in total. The summed E-state index contributed by atoms with van der Waals surface area (Å²) in [7, 11) is 0. The van der Waals surface area contributed by atoms with Gasteiger partial charge < -0.3 is 15.0 Å². The summed E-state index contributed by atoms with van der Waals surface area (Å²) in [5.41, 5.74) is 3.45. The van der Waals surface area contributed by atoms with Gasteiger partial charge in [-0.3, -0.25) is 9.59 Å². The second kappa shape index (κ2) is 7.44. The molecule has 0 saturated carbocycles. The Kier molecular flexibility index (Phi) is 5.07. The van der Waals surface area contributed by atoms with Gasteiger partial charge in [-0.05, 0) is 30.2 Å². The molecule has 0 spiro atoms. The molecule has 0 radical (unpaired) electrons. The first-order valence-electron chi connectivity index (χ1n) is 8.59. The molecule has 1 amide bonds. The number of aromatic amines is 1. The standard InChI is InChI=1S/C21H22N2O3/c1-14-8-9-17-11-19(22-18(17)10-14)20(24)23(12-15(2)21(25)26)13-16-6-4-3-5-7-16/h3-11,15,22H,12-13H2,1-2H3,(H,25,26)/t15-/m0/s1. The highest BCUT2D eigenvalue weighted by Gasteiger charge is 2.23. The van der Waals surface area contributed by atoms with Crippen LogP contribution < -0.4 is 0 Å². The molecule has 1 aromatic heterocycles. The van der Waals surface area contributed by atoms with Crippen molar-refractivity contribution in [3.05, 3.63) is 71.4 Å². The summed E-state index contributed by atoms with van der Waals surface area (Å²) >= 11 is 0. The van der Waals surface area contributed by atoms with Crippen molar-refractivity contribution in [3.63, 3.8) is 0 Å². The van der Waals surface area contributed by atoms with Crippen molar-refractivity contribution < 1.29 is 14.7 Å². The number of carbonyl (C=O) groups is 2. The minimum atomic E-state index is -0.914. The molecular formula is C21H22N2O3. The summed E-state index contributed by atoms with van der Waals surface area (Å²) in [6, 6.07) is 17.4. The fraction of sp³-hybridized carbons (Fsp3) is 0.238. The second-order valence-corrected chi connectivity index (χ2v) is 6.68. The number of aliphatic carboxylic acids is 1. The van der Waals surface area contributed by atoms with E-state index in [2.05, 4.69) is 4.98 Å². The summed E-state index contributed by atoms with van der Waals surface area (Å²) in [4.78, 5) is 29.1. The molecule has 3 rings (SSSR count). The Balaban J connectivity index is 1.90. The van der Waals surface area contributed by atoms with Crippen LogP contribution in [0.25, 0.3) is 10.9 Å². The van der Waals surface area contributed by atoms with Crippen LogP contribution >= 0.6 is 0 Å². The fourth-order valence-corrected chi connectivity index (χ4v) is 2.96. The van der Waals surface area contributed by atoms with Crippen molar-refractivity contribution in [3.8, 4) is 0 Å². The number of carbonyl (C=O) groups excluding carboxylic acids is 1. The lowest BCUT2D eigenvalue weighted by Gasteiger charge is -2.24. The number of amides is 1. The van der Waals surface area contributed by atoms with E-state index in [1.165, 1.54) is 0 Å². The smallest absolute Gasteiger partial charge is 0.308 e. The maximum absolute atomic E-state index is 13.1. The van der Waals surface area contributed by atoms with Gasteiger partial charge in [0, 0.05) is 24.0 Å². The zero-order valence-corrected chi connectivity index (χ0v) is 14.9. The van der Waals surface area contributed by atoms with E-state index in [0.717, 1.165) is 22.0 Å². The van der Waals surface area contributed by atoms with Gasteiger partial charge in [0.05, 0.1) is 5.92 Å². The van der Waals surface area contributed by atoms with Gasteiger partial charge in [-0.1, -0.05) is 49.4 Å². The van der Waals surface area contributed by atoms with Crippen LogP contribution in [0.4, 0.5) is 0 Å². The third-order valence-electron chi connectivity index (χ3n) is 4.43. The number of carboxylic acids is 1. The monoisotopic (exact) mass is 350 g/mol. The lowest BCUT2D eigenvalue weighted by molar-refractivity contribution is -0.141. The molecule has 0 saturated heterocycles. The average Bonchev–Trinajstić information content (AvgIpc) is 3.04. The number of nitrogens with one attached hydrogen (secondary N) is 1. The number of fused-ring (bicyclic) bond motifs is 1. The number of nitrogens with zero attached hydrogens (tertiary/aromatic N) is 1. The number of rotatable bonds is 6. The lowest BCUT2D eigenvalue weighted by atomic mass is 10.1. The molecule has 2 N–H and O–H groups in total. The van der Waals surface area contributed by atoms with E-state index in [1.54, 1.807) is 11.8 Å². The van der Waals surface area contributed by atoms with Gasteiger partial charge >= 0.3 is 5.97 Å². The Morgan fingerprint density at radius 1 is 1.12 bits per heavy atom. The normalized spacial score (nSPS) is 12.1. The zero-order chi connectivity index (χ0) is 18.7. The van der Waals surface area contributed by atoms with Gasteiger partial charge in [-0.15, -0.1) is 0 Å². The van der Waals surface area contributed by atoms with E-state index in [-0.39, 0.29) is 12.5 Å². The SMILES string of the molecule is Cc1ccc2cc(C(=O)N(Cc3ccccc3)C[C@H](C)C(=O)O)[nH]c2c1. The van der Waals surface area contributed by atoms with E-state index in [4.69, 9.17) is 0 Å². The number of aromatic nitrogens is 1. The molecule has 1 atom stereocenters. The topological polar surface area (TPSA) is 73.4 Å². The van der Waals surface area contributed by atoms with Crippen LogP contribution in [0.1, 0.15) is 28.5 Å². The quantitative estimate of drug-likeness (QED) is 0.709. The highest BCUT2D eigenvalue weighted by molar-refractivity contribution is 5.98. The molecule has 0 aliphatic heterocycles. The van der Waals surface area contributed by atoms with Crippen LogP contribution in [0.15, 0.2) is 54.6 Å². The maximum Gasteiger partial charge on any atom is 0.308 e. The number of aryl methyl sites for hydroxylation is 1. The van der Waals surface area contributed by atoms with Crippen molar-refractivity contribution in [2.24, 2.45) is 5.92 Å². The van der Waals surface area contributed by atoms with Crippen molar-refractivity contribution in [2.45, 2.75) is 20.4 Å². The average molecular weight is 350 g/mol. The summed E-state index contributed by atoms with van der Waals surface area (Å²) < 4.78 is 0. The van der Waals surface area contributed by atoms with E-state index < -0.39 is 11.9 Å². The van der Waals surface area contributed by atoms with E-state index in [9.17, 15) is 14.7 Å². The van der Waals surface area contributed by atoms with Crippen LogP contribution in [0.3, 0.4) is 0 Å². The van der Waals surface area contributed by atoms with Crippen LogP contribution in [0.5, 0.6) is 0 Å². The van der Waals surface area contributed by atoms with Gasteiger partial charge in [0.1, 0.15) is 5.69 Å². The van der Waals surface area contributed by atoms with Crippen molar-refractivity contribution in [1.29, 1.82) is 0 Å². The highest BCUT2D eigenvalue weighted by Crippen LogP contribution is 2.19. The van der Waals surface area contributed by atoms with Crippen molar-refractivity contribution in [1.82, 2.24) is 9.88 Å². The molecule has 3 aromatic rings. The Hall–Kier alpha value is -3.08. The van der Waals surface area contributed by atoms with Gasteiger partial charge in [0.25, 0.3) is 5.91 Å². The molecule has 134 valence electrons. The Morgan fingerprint density at radius 3 is 2.54 bits per heavy atom. The van der Waals surface area contributed by atoms with Gasteiger partial charge in [-0.2, -0.15) is 0 Å². The largest absolute Gasteiger partial charge is 0.481 e. The number of hydrogen-bond acceptors (Lipinski definition) is 2. The predicted octanol–water partition coefficient (Wildman–Crippen LogP) is 3.84. The Labute approximate surface area is 152 Å². The molecule has 0 aliphatic carbocycles. The minimum absolute atomic E-state index is 0.150. The molecule has 5 heteroatoms. The zero-order valence-electron chi connectivity index (χ0n) is 14.9. The molecule has 0 unspecified atom stereocenters. The molecule has 1 heterocycles. The Morgan fingerprint density at radius 2 is 1.85 bits per heavy atom. The number of benzene rings is 2. The van der Waals surface area contributed by atoms with Gasteiger partial charge in [0.15, 0.2) is 0 Å². The van der Waals surface area contributed by atoms with E-state index in [1.807, 2.05) is 61.5 Å². The predicted molar refractivity (Wildman–Crippen MR) is 101 cm³/mol. The molecule has 2 aromatic carbocycles. The van der Waals surface area contributed by atoms with Crippen molar-refractivity contribution >= 4 is 22.8 Å². The second-order valence-electron chi connectivity index (χ2n) is 6.68. The first kappa shape index (κ1) is 17.7. The number of H-pyrrole nitrogens is 1. The van der Waals surface area contributed by atoms with Crippen LogP contribution in [0.2, 0.25) is 0 Å². The summed E-state index contributed by atoms with van der Waals surface area (Å²) in [6.45, 7) is 4.13. The van der Waals surface area contributed by atoms with E-state index >= 15 is 0 Å². The van der Waals surface area contributed by atoms with Crippen LogP contribution in [-0.2, 0) is 11.3 Å². The van der Waals surface area contributed by atoms with Crippen LogP contribution in [0, 0.1) is 12.8 Å². The van der Waals surface area contributed by atoms with E-state index in [0.29, 0.717) is 12.2 Å². The van der Waals surface area contributed by atoms with Crippen molar-refractivity contribution in [2.75, 3.05) is 6.54 Å². The highest BCUT2D eigenvalue weighted by atomic mass is 16.4. The molecular weight excluding hydrogens is 328 g/mol. The summed E-state index contributed by atoms with van der Waals surface area (Å²) in [5, 5.41) is 10.2. The van der Waals surface area contributed by atoms with Gasteiger partial charge in [-0.25, -0.2) is 0 Å². The molecule has 26 heavy (non-hydrogen) atoms. The molecule has 0 fully saturated rings. The number of carboxylic acid groups (broad SMARTS) is 1. The van der Waals surface area contributed by atoms with Gasteiger partial charge in [0.2, 0.25) is 0 Å².